The van der Waals surface area contributed by atoms with Crippen LogP contribution in [-0.2, 0) is 24.9 Å². The van der Waals surface area contributed by atoms with Gasteiger partial charge in [0.25, 0.3) is 0 Å². The van der Waals surface area contributed by atoms with Gasteiger partial charge < -0.3 is 9.88 Å². The van der Waals surface area contributed by atoms with E-state index in [4.69, 9.17) is 11.6 Å². The van der Waals surface area contributed by atoms with Crippen molar-refractivity contribution in [3.8, 4) is 0 Å². The van der Waals surface area contributed by atoms with E-state index in [1.54, 1.807) is 6.07 Å². The van der Waals surface area contributed by atoms with Crippen molar-refractivity contribution in [2.24, 2.45) is 13.0 Å². The van der Waals surface area contributed by atoms with Gasteiger partial charge in [0.15, 0.2) is 0 Å². The quantitative estimate of drug-likeness (QED) is 0.668. The van der Waals surface area contributed by atoms with E-state index in [9.17, 15) is 9.18 Å². The third-order valence-electron chi connectivity index (χ3n) is 5.74. The van der Waals surface area contributed by atoms with Gasteiger partial charge in [-0.05, 0) is 67.4 Å². The number of aromatic nitrogens is 1. The number of hydrogen-bond donors (Lipinski definition) is 1. The second kappa shape index (κ2) is 8.56. The molecule has 0 atom stereocenters. The van der Waals surface area contributed by atoms with Crippen LogP contribution in [0.3, 0.4) is 0 Å². The van der Waals surface area contributed by atoms with Crippen LogP contribution in [0.2, 0.25) is 5.02 Å². The number of fused-ring (bicyclic) bond motifs is 1. The summed E-state index contributed by atoms with van der Waals surface area (Å²) < 4.78 is 15.4. The first-order valence-electron chi connectivity index (χ1n) is 9.97. The zero-order chi connectivity index (χ0) is 20.4. The Bertz CT molecular complexity index is 1020. The molecule has 1 amide bonds. The van der Waals surface area contributed by atoms with Crippen LogP contribution in [0.4, 0.5) is 4.39 Å². The zero-order valence-electron chi connectivity index (χ0n) is 16.5. The molecule has 6 heteroatoms. The van der Waals surface area contributed by atoms with Crippen molar-refractivity contribution in [3.63, 3.8) is 0 Å². The van der Waals surface area contributed by atoms with E-state index in [0.29, 0.717) is 6.54 Å². The molecular formula is C23H25ClFN3O. The molecule has 29 heavy (non-hydrogen) atoms. The summed E-state index contributed by atoms with van der Waals surface area (Å²) in [6.07, 6.45) is 3.83. The third kappa shape index (κ3) is 4.62. The summed E-state index contributed by atoms with van der Waals surface area (Å²) >= 11 is 6.19. The highest BCUT2D eigenvalue weighted by atomic mass is 35.5. The number of piperidine rings is 1. The monoisotopic (exact) mass is 413 g/mol. The number of halogens is 2. The molecule has 3 aromatic rings. The molecule has 2 heterocycles. The molecule has 4 rings (SSSR count). The van der Waals surface area contributed by atoms with E-state index in [2.05, 4.69) is 34.1 Å². The number of likely N-dealkylation sites (tertiary alicyclic amines) is 1. The summed E-state index contributed by atoms with van der Waals surface area (Å²) in [7, 11) is 2.05. The second-order valence-corrected chi connectivity index (χ2v) is 8.26. The third-order valence-corrected chi connectivity index (χ3v) is 5.98. The Kier molecular flexibility index (Phi) is 5.88. The van der Waals surface area contributed by atoms with Crippen LogP contribution < -0.4 is 5.32 Å². The molecule has 1 saturated heterocycles. The highest BCUT2D eigenvalue weighted by Crippen LogP contribution is 2.27. The molecule has 0 unspecified atom stereocenters. The molecule has 0 aliphatic carbocycles. The van der Waals surface area contributed by atoms with Gasteiger partial charge in [0.2, 0.25) is 5.91 Å². The van der Waals surface area contributed by atoms with Crippen molar-refractivity contribution in [2.75, 3.05) is 13.1 Å². The fraction of sp³-hybridized carbons (Fsp3) is 0.348. The minimum absolute atomic E-state index is 0.0155. The van der Waals surface area contributed by atoms with E-state index in [1.807, 2.05) is 18.2 Å². The van der Waals surface area contributed by atoms with E-state index >= 15 is 0 Å². The Morgan fingerprint density at radius 2 is 2.00 bits per heavy atom. The normalized spacial score (nSPS) is 15.7. The molecule has 1 aliphatic rings. The average molecular weight is 414 g/mol. The second-order valence-electron chi connectivity index (χ2n) is 7.82. The van der Waals surface area contributed by atoms with Gasteiger partial charge in [-0.15, -0.1) is 0 Å². The molecule has 4 nitrogen and oxygen atoms in total. The van der Waals surface area contributed by atoms with Gasteiger partial charge >= 0.3 is 0 Å². The van der Waals surface area contributed by atoms with E-state index in [1.165, 1.54) is 28.6 Å². The maximum absolute atomic E-state index is 13.3. The fourth-order valence-corrected chi connectivity index (χ4v) is 4.32. The number of carbonyl (C=O) groups excluding carboxylic acids is 1. The summed E-state index contributed by atoms with van der Waals surface area (Å²) in [5, 5.41) is 4.89. The molecule has 1 fully saturated rings. The van der Waals surface area contributed by atoms with Crippen LogP contribution in [-0.4, -0.2) is 28.5 Å². The summed E-state index contributed by atoms with van der Waals surface area (Å²) in [6.45, 7) is 2.99. The topological polar surface area (TPSA) is 37.3 Å². The molecule has 0 radical (unpaired) electrons. The van der Waals surface area contributed by atoms with Crippen molar-refractivity contribution < 1.29 is 9.18 Å². The highest BCUT2D eigenvalue weighted by molar-refractivity contribution is 6.31. The Labute approximate surface area is 175 Å². The first kappa shape index (κ1) is 19.9. The van der Waals surface area contributed by atoms with Gasteiger partial charge in [0.05, 0.1) is 0 Å². The summed E-state index contributed by atoms with van der Waals surface area (Å²) in [5.74, 6) is -0.201. The number of nitrogens with zero attached hydrogens (tertiary/aromatic N) is 2. The molecule has 2 aromatic carbocycles. The molecule has 0 saturated carbocycles. The number of nitrogens with one attached hydrogen (secondary N) is 1. The lowest BCUT2D eigenvalue weighted by Gasteiger charge is -2.31. The van der Waals surface area contributed by atoms with E-state index in [-0.39, 0.29) is 17.6 Å². The molecular weight excluding hydrogens is 389 g/mol. The molecule has 1 N–H and O–H groups in total. The number of benzene rings is 2. The summed E-state index contributed by atoms with van der Waals surface area (Å²) in [6, 6.07) is 12.3. The fourth-order valence-electron chi connectivity index (χ4n) is 4.15. The predicted molar refractivity (Wildman–Crippen MR) is 114 cm³/mol. The van der Waals surface area contributed by atoms with Gasteiger partial charge in [-0.25, -0.2) is 4.39 Å². The van der Waals surface area contributed by atoms with Crippen LogP contribution in [0.25, 0.3) is 10.9 Å². The highest BCUT2D eigenvalue weighted by Gasteiger charge is 2.25. The van der Waals surface area contributed by atoms with Gasteiger partial charge in [-0.3, -0.25) is 9.69 Å². The molecule has 152 valence electrons. The Morgan fingerprint density at radius 3 is 2.76 bits per heavy atom. The number of carbonyl (C=O) groups is 1. The first-order chi connectivity index (χ1) is 14.0. The lowest BCUT2D eigenvalue weighted by Crippen LogP contribution is -2.40. The lowest BCUT2D eigenvalue weighted by molar-refractivity contribution is -0.126. The first-order valence-corrected chi connectivity index (χ1v) is 10.4. The largest absolute Gasteiger partial charge is 0.352 e. The maximum Gasteiger partial charge on any atom is 0.223 e. The Balaban J connectivity index is 1.31. The Hall–Kier alpha value is -2.37. The zero-order valence-corrected chi connectivity index (χ0v) is 17.3. The van der Waals surface area contributed by atoms with Crippen LogP contribution in [0.5, 0.6) is 0 Å². The summed E-state index contributed by atoms with van der Waals surface area (Å²) in [4.78, 5) is 14.9. The van der Waals surface area contributed by atoms with Crippen LogP contribution >= 0.6 is 11.6 Å². The standard InChI is InChI=1S/C23H25ClFN3O/c1-27-14-18(21-12-19(24)5-6-22(21)27)15-28-9-7-17(8-10-28)23(29)26-13-16-3-2-4-20(25)11-16/h2-6,11-12,14,17H,7-10,13,15H2,1H3,(H,26,29). The maximum atomic E-state index is 13.3. The molecule has 0 spiro atoms. The van der Waals surface area contributed by atoms with Crippen molar-refractivity contribution in [1.29, 1.82) is 0 Å². The van der Waals surface area contributed by atoms with E-state index in [0.717, 1.165) is 43.1 Å². The number of amides is 1. The SMILES string of the molecule is Cn1cc(CN2CCC(C(=O)NCc3cccc(F)c3)CC2)c2cc(Cl)ccc21. The number of hydrogen-bond acceptors (Lipinski definition) is 2. The smallest absolute Gasteiger partial charge is 0.223 e. The molecule has 0 bridgehead atoms. The van der Waals surface area contributed by atoms with Crippen LogP contribution in [0.15, 0.2) is 48.7 Å². The molecule has 1 aromatic heterocycles. The van der Waals surface area contributed by atoms with Gasteiger partial charge in [0, 0.05) is 48.2 Å². The average Bonchev–Trinajstić information content (AvgIpc) is 3.01. The summed E-state index contributed by atoms with van der Waals surface area (Å²) in [5.41, 5.74) is 3.22. The minimum Gasteiger partial charge on any atom is -0.352 e. The van der Waals surface area contributed by atoms with Gasteiger partial charge in [-0.2, -0.15) is 0 Å². The van der Waals surface area contributed by atoms with Gasteiger partial charge in [-0.1, -0.05) is 23.7 Å². The molecule has 1 aliphatic heterocycles. The van der Waals surface area contributed by atoms with Crippen molar-refractivity contribution in [1.82, 2.24) is 14.8 Å². The minimum atomic E-state index is -0.278. The Morgan fingerprint density at radius 1 is 1.21 bits per heavy atom. The number of rotatable bonds is 5. The lowest BCUT2D eigenvalue weighted by atomic mass is 9.95. The van der Waals surface area contributed by atoms with Gasteiger partial charge in [0.1, 0.15) is 5.82 Å². The predicted octanol–water partition coefficient (Wildman–Crippen LogP) is 4.50. The van der Waals surface area contributed by atoms with Crippen molar-refractivity contribution >= 4 is 28.4 Å². The number of aryl methyl sites for hydroxylation is 1. The van der Waals surface area contributed by atoms with Crippen molar-refractivity contribution in [2.45, 2.75) is 25.9 Å². The van der Waals surface area contributed by atoms with Crippen LogP contribution in [0, 0.1) is 11.7 Å². The van der Waals surface area contributed by atoms with E-state index < -0.39 is 0 Å². The van der Waals surface area contributed by atoms with Crippen molar-refractivity contribution in [3.05, 3.63) is 70.6 Å². The van der Waals surface area contributed by atoms with Crippen LogP contribution in [0.1, 0.15) is 24.0 Å².